The van der Waals surface area contributed by atoms with E-state index in [0.29, 0.717) is 18.0 Å². The summed E-state index contributed by atoms with van der Waals surface area (Å²) in [7, 11) is -3.39. The molecule has 1 aromatic carbocycles. The van der Waals surface area contributed by atoms with Crippen LogP contribution < -0.4 is 0 Å². The molecule has 1 aliphatic heterocycles. The highest BCUT2D eigenvalue weighted by Gasteiger charge is 2.30. The minimum Gasteiger partial charge on any atom is -0.306 e. The molecule has 1 fully saturated rings. The molecule has 0 atom stereocenters. The number of imidazole rings is 1. The van der Waals surface area contributed by atoms with Crippen LogP contribution in [0.15, 0.2) is 53.9 Å². The Bertz CT molecular complexity index is 1030. The lowest BCUT2D eigenvalue weighted by atomic mass is 10.2. The zero-order valence-corrected chi connectivity index (χ0v) is 17.7. The molecule has 3 aromatic rings. The Labute approximate surface area is 170 Å². The van der Waals surface area contributed by atoms with Gasteiger partial charge in [0.2, 0.25) is 10.0 Å². The number of sulfonamides is 1. The number of thiophene rings is 1. The SMILES string of the molecule is Cc1cc(S(=O)(=O)N2CCN(Cc3ccc(-n4ccnc4)cc3)CC2)c(C)s1. The zero-order valence-electron chi connectivity index (χ0n) is 16.1. The average molecular weight is 417 g/mol. The number of aryl methyl sites for hydroxylation is 2. The molecular formula is C20H24N4O2S2. The molecular weight excluding hydrogens is 392 g/mol. The predicted molar refractivity (Wildman–Crippen MR) is 111 cm³/mol. The van der Waals surface area contributed by atoms with Crippen LogP contribution in [0.4, 0.5) is 0 Å². The van der Waals surface area contributed by atoms with Gasteiger partial charge in [0.25, 0.3) is 0 Å². The molecule has 4 rings (SSSR count). The first-order valence-electron chi connectivity index (χ1n) is 9.30. The maximum Gasteiger partial charge on any atom is 0.244 e. The lowest BCUT2D eigenvalue weighted by Gasteiger charge is -2.34. The van der Waals surface area contributed by atoms with Gasteiger partial charge in [-0.05, 0) is 37.6 Å². The van der Waals surface area contributed by atoms with E-state index in [4.69, 9.17) is 0 Å². The molecule has 0 amide bonds. The van der Waals surface area contributed by atoms with Gasteiger partial charge in [-0.2, -0.15) is 4.31 Å². The van der Waals surface area contributed by atoms with Crippen molar-refractivity contribution < 1.29 is 8.42 Å². The third kappa shape index (κ3) is 3.91. The average Bonchev–Trinajstić information content (AvgIpc) is 3.33. The number of nitrogens with zero attached hydrogens (tertiary/aromatic N) is 4. The van der Waals surface area contributed by atoms with Crippen LogP contribution in [0.2, 0.25) is 0 Å². The topological polar surface area (TPSA) is 58.4 Å². The summed E-state index contributed by atoms with van der Waals surface area (Å²) in [4.78, 5) is 8.76. The standard InChI is InChI=1S/C20H24N4O2S2/c1-16-13-20(17(2)27-16)28(25,26)24-11-9-22(10-12-24)14-18-3-5-19(6-4-18)23-8-7-21-15-23/h3-8,13,15H,9-12,14H2,1-2H3. The number of piperazine rings is 1. The van der Waals surface area contributed by atoms with E-state index in [1.165, 1.54) is 5.56 Å². The maximum absolute atomic E-state index is 12.9. The van der Waals surface area contributed by atoms with E-state index < -0.39 is 10.0 Å². The van der Waals surface area contributed by atoms with Crippen molar-refractivity contribution >= 4 is 21.4 Å². The first-order valence-corrected chi connectivity index (χ1v) is 11.6. The molecule has 8 heteroatoms. The first-order chi connectivity index (χ1) is 13.4. The molecule has 0 saturated carbocycles. The van der Waals surface area contributed by atoms with E-state index in [1.54, 1.807) is 34.2 Å². The van der Waals surface area contributed by atoms with E-state index in [2.05, 4.69) is 34.1 Å². The van der Waals surface area contributed by atoms with Gasteiger partial charge in [-0.15, -0.1) is 11.3 Å². The minimum absolute atomic E-state index is 0.471. The van der Waals surface area contributed by atoms with Crippen LogP contribution >= 0.6 is 11.3 Å². The second-order valence-electron chi connectivity index (χ2n) is 7.09. The second-order valence-corrected chi connectivity index (χ2v) is 10.5. The maximum atomic E-state index is 12.9. The molecule has 2 aromatic heterocycles. The highest BCUT2D eigenvalue weighted by Crippen LogP contribution is 2.28. The second kappa shape index (κ2) is 7.79. The molecule has 3 heterocycles. The first kappa shape index (κ1) is 19.3. The van der Waals surface area contributed by atoms with Crippen molar-refractivity contribution in [3.8, 4) is 5.69 Å². The minimum atomic E-state index is -3.39. The summed E-state index contributed by atoms with van der Waals surface area (Å²) in [6.07, 6.45) is 5.47. The zero-order chi connectivity index (χ0) is 19.7. The Balaban J connectivity index is 1.37. The Hall–Kier alpha value is -2.00. The molecule has 28 heavy (non-hydrogen) atoms. The van der Waals surface area contributed by atoms with Crippen molar-refractivity contribution in [2.45, 2.75) is 25.3 Å². The van der Waals surface area contributed by atoms with Crippen LogP contribution in [0.25, 0.3) is 5.69 Å². The smallest absolute Gasteiger partial charge is 0.244 e. The lowest BCUT2D eigenvalue weighted by Crippen LogP contribution is -2.48. The van der Waals surface area contributed by atoms with Gasteiger partial charge in [-0.25, -0.2) is 13.4 Å². The van der Waals surface area contributed by atoms with E-state index in [-0.39, 0.29) is 0 Å². The van der Waals surface area contributed by atoms with Gasteiger partial charge in [0.1, 0.15) is 0 Å². The van der Waals surface area contributed by atoms with Gasteiger partial charge in [0, 0.05) is 60.6 Å². The Morgan fingerprint density at radius 1 is 1.07 bits per heavy atom. The molecule has 6 nitrogen and oxygen atoms in total. The highest BCUT2D eigenvalue weighted by atomic mass is 32.2. The molecule has 0 radical (unpaired) electrons. The van der Waals surface area contributed by atoms with Gasteiger partial charge < -0.3 is 4.57 Å². The Morgan fingerprint density at radius 2 is 1.79 bits per heavy atom. The summed E-state index contributed by atoms with van der Waals surface area (Å²) < 4.78 is 29.5. The molecule has 0 aliphatic carbocycles. The van der Waals surface area contributed by atoms with Crippen LogP contribution in [-0.4, -0.2) is 53.4 Å². The fraction of sp³-hybridized carbons (Fsp3) is 0.350. The fourth-order valence-corrected chi connectivity index (χ4v) is 6.52. The molecule has 148 valence electrons. The van der Waals surface area contributed by atoms with Crippen molar-refractivity contribution in [2.75, 3.05) is 26.2 Å². The van der Waals surface area contributed by atoms with E-state index >= 15 is 0 Å². The van der Waals surface area contributed by atoms with Crippen LogP contribution in [0.3, 0.4) is 0 Å². The van der Waals surface area contributed by atoms with Crippen molar-refractivity contribution in [3.05, 3.63) is 64.4 Å². The van der Waals surface area contributed by atoms with Crippen molar-refractivity contribution in [3.63, 3.8) is 0 Å². The monoisotopic (exact) mass is 416 g/mol. The van der Waals surface area contributed by atoms with Crippen LogP contribution in [-0.2, 0) is 16.6 Å². The van der Waals surface area contributed by atoms with Gasteiger partial charge in [0.15, 0.2) is 0 Å². The van der Waals surface area contributed by atoms with Crippen molar-refractivity contribution in [2.24, 2.45) is 0 Å². The normalized spacial score (nSPS) is 16.5. The molecule has 0 unspecified atom stereocenters. The number of hydrogen-bond donors (Lipinski definition) is 0. The van der Waals surface area contributed by atoms with Gasteiger partial charge in [-0.1, -0.05) is 12.1 Å². The van der Waals surface area contributed by atoms with E-state index in [9.17, 15) is 8.42 Å². The summed E-state index contributed by atoms with van der Waals surface area (Å²) in [5, 5.41) is 0. The third-order valence-corrected chi connectivity index (χ3v) is 8.21. The van der Waals surface area contributed by atoms with Crippen molar-refractivity contribution in [1.29, 1.82) is 0 Å². The number of hydrogen-bond acceptors (Lipinski definition) is 5. The number of rotatable bonds is 5. The predicted octanol–water partition coefficient (Wildman–Crippen LogP) is 3.06. The van der Waals surface area contributed by atoms with Gasteiger partial charge >= 0.3 is 0 Å². The van der Waals surface area contributed by atoms with E-state index in [1.807, 2.05) is 24.6 Å². The third-order valence-electron chi connectivity index (χ3n) is 5.09. The van der Waals surface area contributed by atoms with Crippen molar-refractivity contribution in [1.82, 2.24) is 18.8 Å². The molecule has 0 N–H and O–H groups in total. The summed E-state index contributed by atoms with van der Waals surface area (Å²) in [6.45, 7) is 7.21. The Morgan fingerprint density at radius 3 is 2.36 bits per heavy atom. The van der Waals surface area contributed by atoms with Crippen LogP contribution in [0, 0.1) is 13.8 Å². The summed E-state index contributed by atoms with van der Waals surface area (Å²) >= 11 is 1.54. The molecule has 1 saturated heterocycles. The molecule has 1 aliphatic rings. The lowest BCUT2D eigenvalue weighted by molar-refractivity contribution is 0.181. The summed E-state index contributed by atoms with van der Waals surface area (Å²) in [5.74, 6) is 0. The largest absolute Gasteiger partial charge is 0.306 e. The highest BCUT2D eigenvalue weighted by molar-refractivity contribution is 7.89. The van der Waals surface area contributed by atoms with Gasteiger partial charge in [0.05, 0.1) is 11.2 Å². The summed E-state index contributed by atoms with van der Waals surface area (Å²) in [6, 6.07) is 10.2. The van der Waals surface area contributed by atoms with Crippen LogP contribution in [0.5, 0.6) is 0 Å². The van der Waals surface area contributed by atoms with E-state index in [0.717, 1.165) is 35.1 Å². The molecule has 0 bridgehead atoms. The Kier molecular flexibility index (Phi) is 5.37. The fourth-order valence-electron chi connectivity index (χ4n) is 3.57. The molecule has 0 spiro atoms. The number of aromatic nitrogens is 2. The summed E-state index contributed by atoms with van der Waals surface area (Å²) in [5.41, 5.74) is 2.31. The van der Waals surface area contributed by atoms with Crippen LogP contribution in [0.1, 0.15) is 15.3 Å². The number of benzene rings is 1. The van der Waals surface area contributed by atoms with Gasteiger partial charge in [-0.3, -0.25) is 4.90 Å². The quantitative estimate of drug-likeness (QED) is 0.641.